The van der Waals surface area contributed by atoms with E-state index in [0.29, 0.717) is 31.7 Å². The molecular formula is C20H21FN6O2. The van der Waals surface area contributed by atoms with Crippen LogP contribution in [0, 0.1) is 12.7 Å². The number of benzene rings is 1. The predicted molar refractivity (Wildman–Crippen MR) is 105 cm³/mol. The summed E-state index contributed by atoms with van der Waals surface area (Å²) in [6.07, 6.45) is 5.11. The van der Waals surface area contributed by atoms with Crippen molar-refractivity contribution in [1.29, 1.82) is 0 Å². The van der Waals surface area contributed by atoms with E-state index < -0.39 is 5.82 Å². The normalized spacial score (nSPS) is 14.2. The van der Waals surface area contributed by atoms with Crippen molar-refractivity contribution < 1.29 is 13.9 Å². The smallest absolute Gasteiger partial charge is 0.254 e. The van der Waals surface area contributed by atoms with Gasteiger partial charge in [0.1, 0.15) is 23.8 Å². The van der Waals surface area contributed by atoms with E-state index in [1.54, 1.807) is 17.2 Å². The Bertz CT molecular complexity index is 1030. The third-order valence-corrected chi connectivity index (χ3v) is 5.00. The van der Waals surface area contributed by atoms with Crippen molar-refractivity contribution in [3.05, 3.63) is 60.2 Å². The van der Waals surface area contributed by atoms with E-state index in [4.69, 9.17) is 4.74 Å². The van der Waals surface area contributed by atoms with Gasteiger partial charge in [0.25, 0.3) is 5.91 Å². The first-order valence-electron chi connectivity index (χ1n) is 9.27. The number of halogens is 1. The minimum Gasteiger partial charge on any atom is -0.494 e. The van der Waals surface area contributed by atoms with Gasteiger partial charge in [-0.25, -0.2) is 19.3 Å². The van der Waals surface area contributed by atoms with Crippen LogP contribution in [0.5, 0.6) is 5.75 Å². The van der Waals surface area contributed by atoms with E-state index in [2.05, 4.69) is 19.9 Å². The van der Waals surface area contributed by atoms with Crippen molar-refractivity contribution in [2.24, 2.45) is 0 Å². The fourth-order valence-electron chi connectivity index (χ4n) is 3.38. The largest absolute Gasteiger partial charge is 0.494 e. The predicted octanol–water partition coefficient (Wildman–Crippen LogP) is 2.08. The molecule has 0 atom stereocenters. The van der Waals surface area contributed by atoms with Gasteiger partial charge in [-0.15, -0.1) is 0 Å². The van der Waals surface area contributed by atoms with Gasteiger partial charge in [-0.2, -0.15) is 0 Å². The van der Waals surface area contributed by atoms with Crippen LogP contribution in [0.25, 0.3) is 5.82 Å². The lowest BCUT2D eigenvalue weighted by Gasteiger charge is -2.35. The zero-order chi connectivity index (χ0) is 20.4. The zero-order valence-electron chi connectivity index (χ0n) is 16.2. The van der Waals surface area contributed by atoms with Gasteiger partial charge in [-0.3, -0.25) is 9.36 Å². The number of rotatable bonds is 4. The topological polar surface area (TPSA) is 76.4 Å². The molecule has 29 heavy (non-hydrogen) atoms. The van der Waals surface area contributed by atoms with E-state index in [0.717, 1.165) is 17.5 Å². The van der Waals surface area contributed by atoms with Crippen molar-refractivity contribution >= 4 is 11.7 Å². The number of amides is 1. The molecule has 1 saturated heterocycles. The number of carbonyl (C=O) groups excluding carboxylic acids is 1. The van der Waals surface area contributed by atoms with Crippen LogP contribution in [0.15, 0.2) is 43.0 Å². The van der Waals surface area contributed by atoms with Crippen LogP contribution in [0.3, 0.4) is 0 Å². The highest BCUT2D eigenvalue weighted by Crippen LogP contribution is 2.21. The molecule has 1 aliphatic rings. The molecule has 0 bridgehead atoms. The Hall–Kier alpha value is -3.49. The number of aryl methyl sites for hydroxylation is 1. The summed E-state index contributed by atoms with van der Waals surface area (Å²) < 4.78 is 20.7. The monoisotopic (exact) mass is 396 g/mol. The lowest BCUT2D eigenvalue weighted by Crippen LogP contribution is -2.49. The van der Waals surface area contributed by atoms with Crippen LogP contribution in [0.1, 0.15) is 16.2 Å². The van der Waals surface area contributed by atoms with Gasteiger partial charge in [0.05, 0.1) is 7.11 Å². The number of nitrogens with zero attached hydrogens (tertiary/aromatic N) is 6. The number of hydrogen-bond donors (Lipinski definition) is 0. The minimum absolute atomic E-state index is 0.124. The van der Waals surface area contributed by atoms with Crippen molar-refractivity contribution in [3.63, 3.8) is 0 Å². The summed E-state index contributed by atoms with van der Waals surface area (Å²) in [6.45, 7) is 4.22. The van der Waals surface area contributed by atoms with Gasteiger partial charge >= 0.3 is 0 Å². The Labute approximate surface area is 167 Å². The fourth-order valence-corrected chi connectivity index (χ4v) is 3.38. The summed E-state index contributed by atoms with van der Waals surface area (Å²) in [5, 5.41) is 0. The Kier molecular flexibility index (Phi) is 5.11. The number of methoxy groups -OCH3 is 1. The van der Waals surface area contributed by atoms with Crippen molar-refractivity contribution in [2.75, 3.05) is 38.2 Å². The van der Waals surface area contributed by atoms with E-state index in [1.807, 2.05) is 23.8 Å². The number of aromatic nitrogens is 4. The van der Waals surface area contributed by atoms with Gasteiger partial charge in [0.2, 0.25) is 0 Å². The number of hydrogen-bond acceptors (Lipinski definition) is 6. The lowest BCUT2D eigenvalue weighted by atomic mass is 10.1. The van der Waals surface area contributed by atoms with Crippen LogP contribution in [-0.4, -0.2) is 63.6 Å². The second-order valence-electron chi connectivity index (χ2n) is 6.71. The Balaban J connectivity index is 1.44. The molecule has 0 aliphatic carbocycles. The van der Waals surface area contributed by atoms with Crippen LogP contribution < -0.4 is 9.64 Å². The molecule has 3 heterocycles. The first-order chi connectivity index (χ1) is 14.1. The van der Waals surface area contributed by atoms with E-state index in [1.165, 1.54) is 25.6 Å². The van der Waals surface area contributed by atoms with Gasteiger partial charge < -0.3 is 14.5 Å². The van der Waals surface area contributed by atoms with Gasteiger partial charge in [-0.1, -0.05) is 0 Å². The summed E-state index contributed by atoms with van der Waals surface area (Å²) in [6, 6.07) is 6.18. The highest BCUT2D eigenvalue weighted by molar-refractivity contribution is 5.94. The maximum Gasteiger partial charge on any atom is 0.254 e. The SMILES string of the molecule is COc1ccc(C(=O)N2CCN(c3cc(-n4ccnc4C)ncn3)CC2)cc1F. The molecule has 2 aromatic heterocycles. The Morgan fingerprint density at radius 2 is 1.83 bits per heavy atom. The van der Waals surface area contributed by atoms with E-state index in [9.17, 15) is 9.18 Å². The molecule has 1 amide bonds. The lowest BCUT2D eigenvalue weighted by molar-refractivity contribution is 0.0746. The van der Waals surface area contributed by atoms with Gasteiger partial charge in [0.15, 0.2) is 11.6 Å². The molecule has 9 heteroatoms. The maximum atomic E-state index is 13.9. The molecule has 0 N–H and O–H groups in total. The first kappa shape index (κ1) is 18.9. The van der Waals surface area contributed by atoms with Crippen LogP contribution in [0.4, 0.5) is 10.2 Å². The van der Waals surface area contributed by atoms with Crippen molar-refractivity contribution in [2.45, 2.75) is 6.92 Å². The molecule has 0 spiro atoms. The maximum absolute atomic E-state index is 13.9. The van der Waals surface area contributed by atoms with E-state index in [-0.39, 0.29) is 11.7 Å². The Morgan fingerprint density at radius 3 is 2.48 bits per heavy atom. The fraction of sp³-hybridized carbons (Fsp3) is 0.300. The highest BCUT2D eigenvalue weighted by atomic mass is 19.1. The average molecular weight is 396 g/mol. The summed E-state index contributed by atoms with van der Waals surface area (Å²) in [7, 11) is 1.39. The number of ether oxygens (including phenoxy) is 1. The number of carbonyl (C=O) groups is 1. The molecular weight excluding hydrogens is 375 g/mol. The molecule has 1 aliphatic heterocycles. The summed E-state index contributed by atoms with van der Waals surface area (Å²) in [5.41, 5.74) is 0.316. The number of imidazole rings is 1. The summed E-state index contributed by atoms with van der Waals surface area (Å²) in [5.74, 6) is 1.78. The average Bonchev–Trinajstić information content (AvgIpc) is 3.19. The molecule has 0 radical (unpaired) electrons. The quantitative estimate of drug-likeness (QED) is 0.672. The standard InChI is InChI=1S/C20H21FN6O2/c1-14-22-5-6-27(14)19-12-18(23-13-24-19)25-7-9-26(10-8-25)20(28)15-3-4-17(29-2)16(21)11-15/h3-6,11-13H,7-10H2,1-2H3. The number of anilines is 1. The number of piperazine rings is 1. The minimum atomic E-state index is -0.541. The van der Waals surface area contributed by atoms with Crippen molar-refractivity contribution in [1.82, 2.24) is 24.4 Å². The summed E-state index contributed by atoms with van der Waals surface area (Å²) in [4.78, 5) is 29.4. The van der Waals surface area contributed by atoms with Crippen molar-refractivity contribution in [3.8, 4) is 11.6 Å². The van der Waals surface area contributed by atoms with Gasteiger partial charge in [0, 0.05) is 50.2 Å². The highest BCUT2D eigenvalue weighted by Gasteiger charge is 2.24. The van der Waals surface area contributed by atoms with Gasteiger partial charge in [-0.05, 0) is 25.1 Å². The first-order valence-corrected chi connectivity index (χ1v) is 9.27. The third-order valence-electron chi connectivity index (χ3n) is 5.00. The molecule has 1 fully saturated rings. The van der Waals surface area contributed by atoms with Crippen LogP contribution >= 0.6 is 0 Å². The Morgan fingerprint density at radius 1 is 1.07 bits per heavy atom. The second-order valence-corrected chi connectivity index (χ2v) is 6.71. The molecule has 8 nitrogen and oxygen atoms in total. The van der Waals surface area contributed by atoms with Crippen LogP contribution in [0.2, 0.25) is 0 Å². The molecule has 0 saturated carbocycles. The van der Waals surface area contributed by atoms with E-state index >= 15 is 0 Å². The summed E-state index contributed by atoms with van der Waals surface area (Å²) >= 11 is 0. The molecule has 3 aromatic rings. The molecule has 0 unspecified atom stereocenters. The molecule has 4 rings (SSSR count). The third kappa shape index (κ3) is 3.75. The molecule has 150 valence electrons. The molecule has 1 aromatic carbocycles. The zero-order valence-corrected chi connectivity index (χ0v) is 16.2. The van der Waals surface area contributed by atoms with Crippen LogP contribution in [-0.2, 0) is 0 Å². The second kappa shape index (κ2) is 7.86.